The fraction of sp³-hybridized carbons (Fsp3) is 0.222. The van der Waals surface area contributed by atoms with Gasteiger partial charge in [0.1, 0.15) is 5.82 Å². The van der Waals surface area contributed by atoms with Crippen molar-refractivity contribution in [2.75, 3.05) is 16.8 Å². The Balaban J connectivity index is 1.70. The molecule has 162 valence electrons. The van der Waals surface area contributed by atoms with Crippen molar-refractivity contribution in [1.29, 1.82) is 0 Å². The summed E-state index contributed by atoms with van der Waals surface area (Å²) in [5.41, 5.74) is 11.2. The lowest BCUT2D eigenvalue weighted by atomic mass is 9.89. The average molecular weight is 428 g/mol. The first-order valence-corrected chi connectivity index (χ1v) is 10.7. The van der Waals surface area contributed by atoms with Crippen LogP contribution in [0, 0.1) is 17.7 Å². The van der Waals surface area contributed by atoms with Gasteiger partial charge in [0.2, 0.25) is 5.91 Å². The average Bonchev–Trinajstić information content (AvgIpc) is 2.78. The molecule has 0 bridgehead atoms. The Labute approximate surface area is 188 Å². The highest BCUT2D eigenvalue weighted by Crippen LogP contribution is 2.41. The van der Waals surface area contributed by atoms with Gasteiger partial charge < -0.3 is 16.0 Å². The topological polar surface area (TPSA) is 58.4 Å². The zero-order valence-corrected chi connectivity index (χ0v) is 18.2. The molecule has 0 saturated carbocycles. The lowest BCUT2D eigenvalue weighted by molar-refractivity contribution is -0.117. The minimum Gasteiger partial charge on any atom is -0.378 e. The number of nitrogens with zero attached hydrogens (tertiary/aromatic N) is 1. The molecule has 0 fully saturated rings. The number of halogens is 1. The highest BCUT2D eigenvalue weighted by Gasteiger charge is 2.32. The lowest BCUT2D eigenvalue weighted by Gasteiger charge is -2.39. The number of carbonyl (C=O) groups excluding carboxylic acids is 1. The Morgan fingerprint density at radius 1 is 1.09 bits per heavy atom. The van der Waals surface area contributed by atoms with Crippen LogP contribution in [0.1, 0.15) is 37.4 Å². The smallest absolute Gasteiger partial charge is 0.224 e. The Morgan fingerprint density at radius 2 is 1.78 bits per heavy atom. The summed E-state index contributed by atoms with van der Waals surface area (Å²) in [7, 11) is 0. The molecule has 3 aromatic carbocycles. The van der Waals surface area contributed by atoms with Crippen LogP contribution in [0.5, 0.6) is 0 Å². The standard InChI is InChI=1S/C27H26FN3O/c1-18-16-26(30-24-12-5-20(6-13-24)4-3-15-29)25-17-22(21-7-10-23(28)11-8-21)9-14-27(25)31(18)19(2)32/h5-14,17-18,26,30H,15-16,29H2,1-2H3. The summed E-state index contributed by atoms with van der Waals surface area (Å²) in [4.78, 5) is 14.2. The van der Waals surface area contributed by atoms with Crippen molar-refractivity contribution in [3.63, 3.8) is 0 Å². The van der Waals surface area contributed by atoms with Gasteiger partial charge in [0.05, 0.1) is 12.6 Å². The van der Waals surface area contributed by atoms with Gasteiger partial charge in [-0.05, 0) is 78.6 Å². The van der Waals surface area contributed by atoms with Crippen LogP contribution in [-0.2, 0) is 4.79 Å². The number of carbonyl (C=O) groups is 1. The van der Waals surface area contributed by atoms with Gasteiger partial charge in [0.15, 0.2) is 0 Å². The van der Waals surface area contributed by atoms with Crippen LogP contribution in [0.3, 0.4) is 0 Å². The zero-order valence-electron chi connectivity index (χ0n) is 18.2. The van der Waals surface area contributed by atoms with Gasteiger partial charge in [0, 0.05) is 29.9 Å². The minimum atomic E-state index is -0.262. The van der Waals surface area contributed by atoms with Gasteiger partial charge in [-0.1, -0.05) is 30.0 Å². The highest BCUT2D eigenvalue weighted by molar-refractivity contribution is 5.94. The minimum absolute atomic E-state index is 0.0227. The van der Waals surface area contributed by atoms with Gasteiger partial charge in [-0.3, -0.25) is 4.79 Å². The van der Waals surface area contributed by atoms with E-state index in [-0.39, 0.29) is 23.8 Å². The SMILES string of the molecule is CC(=O)N1c2ccc(-c3ccc(F)cc3)cc2C(Nc2ccc(C#CCN)cc2)CC1C. The van der Waals surface area contributed by atoms with E-state index in [4.69, 9.17) is 5.73 Å². The second-order valence-electron chi connectivity index (χ2n) is 8.03. The first-order valence-electron chi connectivity index (χ1n) is 10.7. The quantitative estimate of drug-likeness (QED) is 0.572. The van der Waals surface area contributed by atoms with Crippen molar-refractivity contribution in [2.24, 2.45) is 5.73 Å². The first-order chi connectivity index (χ1) is 15.5. The molecule has 3 aromatic rings. The molecule has 1 heterocycles. The normalized spacial score (nSPS) is 17.2. The van der Waals surface area contributed by atoms with Crippen LogP contribution in [0.15, 0.2) is 66.7 Å². The van der Waals surface area contributed by atoms with E-state index < -0.39 is 0 Å². The number of rotatable bonds is 3. The lowest BCUT2D eigenvalue weighted by Crippen LogP contribution is -2.43. The van der Waals surface area contributed by atoms with Gasteiger partial charge >= 0.3 is 0 Å². The molecule has 1 amide bonds. The maximum Gasteiger partial charge on any atom is 0.224 e. The molecule has 0 aromatic heterocycles. The molecule has 4 nitrogen and oxygen atoms in total. The number of hydrogen-bond acceptors (Lipinski definition) is 3. The Bertz CT molecular complexity index is 1180. The van der Waals surface area contributed by atoms with Crippen molar-refractivity contribution in [2.45, 2.75) is 32.4 Å². The Hall–Kier alpha value is -3.62. The summed E-state index contributed by atoms with van der Waals surface area (Å²) >= 11 is 0. The van der Waals surface area contributed by atoms with Gasteiger partial charge in [-0.25, -0.2) is 4.39 Å². The van der Waals surface area contributed by atoms with E-state index in [1.165, 1.54) is 12.1 Å². The fourth-order valence-electron chi connectivity index (χ4n) is 4.31. The third-order valence-corrected chi connectivity index (χ3v) is 5.76. The molecular formula is C27H26FN3O. The van der Waals surface area contributed by atoms with E-state index in [2.05, 4.69) is 30.1 Å². The molecule has 3 N–H and O–H groups in total. The zero-order chi connectivity index (χ0) is 22.7. The van der Waals surface area contributed by atoms with Crippen molar-refractivity contribution in [3.05, 3.63) is 83.7 Å². The van der Waals surface area contributed by atoms with Crippen molar-refractivity contribution in [1.82, 2.24) is 0 Å². The molecule has 4 rings (SSSR count). The third kappa shape index (κ3) is 4.51. The van der Waals surface area contributed by atoms with E-state index in [1.807, 2.05) is 41.3 Å². The van der Waals surface area contributed by atoms with Crippen LogP contribution in [0.4, 0.5) is 15.8 Å². The summed E-state index contributed by atoms with van der Waals surface area (Å²) in [6.07, 6.45) is 0.772. The Kier molecular flexibility index (Phi) is 6.25. The fourth-order valence-corrected chi connectivity index (χ4v) is 4.31. The maximum atomic E-state index is 13.4. The highest BCUT2D eigenvalue weighted by atomic mass is 19.1. The van der Waals surface area contributed by atoms with Gasteiger partial charge in [-0.15, -0.1) is 0 Å². The van der Waals surface area contributed by atoms with E-state index >= 15 is 0 Å². The summed E-state index contributed by atoms with van der Waals surface area (Å²) in [5.74, 6) is 5.65. The monoisotopic (exact) mass is 427 g/mol. The molecule has 32 heavy (non-hydrogen) atoms. The second kappa shape index (κ2) is 9.25. The van der Waals surface area contributed by atoms with Crippen LogP contribution >= 0.6 is 0 Å². The number of nitrogens with two attached hydrogens (primary N) is 1. The van der Waals surface area contributed by atoms with E-state index in [0.29, 0.717) is 6.54 Å². The number of benzene rings is 3. The largest absolute Gasteiger partial charge is 0.378 e. The van der Waals surface area contributed by atoms with Crippen LogP contribution in [-0.4, -0.2) is 18.5 Å². The van der Waals surface area contributed by atoms with E-state index in [9.17, 15) is 9.18 Å². The van der Waals surface area contributed by atoms with Crippen molar-refractivity contribution in [3.8, 4) is 23.0 Å². The van der Waals surface area contributed by atoms with Crippen LogP contribution < -0.4 is 16.0 Å². The van der Waals surface area contributed by atoms with Crippen molar-refractivity contribution < 1.29 is 9.18 Å². The molecule has 0 saturated heterocycles. The summed E-state index contributed by atoms with van der Waals surface area (Å²) < 4.78 is 13.4. The summed E-state index contributed by atoms with van der Waals surface area (Å²) in [6, 6.07) is 20.6. The molecule has 0 spiro atoms. The summed E-state index contributed by atoms with van der Waals surface area (Å²) in [6.45, 7) is 4.00. The molecule has 1 aliphatic heterocycles. The number of anilines is 2. The predicted molar refractivity (Wildman–Crippen MR) is 128 cm³/mol. The molecule has 5 heteroatoms. The van der Waals surface area contributed by atoms with Crippen molar-refractivity contribution >= 4 is 17.3 Å². The number of nitrogens with one attached hydrogen (secondary N) is 1. The third-order valence-electron chi connectivity index (χ3n) is 5.76. The predicted octanol–water partition coefficient (Wildman–Crippen LogP) is 5.10. The maximum absolute atomic E-state index is 13.4. The Morgan fingerprint density at radius 3 is 2.44 bits per heavy atom. The second-order valence-corrected chi connectivity index (χ2v) is 8.03. The number of hydrogen-bond donors (Lipinski definition) is 2. The van der Waals surface area contributed by atoms with E-state index in [1.54, 1.807) is 19.1 Å². The van der Waals surface area contributed by atoms with Crippen LogP contribution in [0.25, 0.3) is 11.1 Å². The van der Waals surface area contributed by atoms with E-state index in [0.717, 1.165) is 40.0 Å². The molecule has 1 aliphatic rings. The molecule has 2 unspecified atom stereocenters. The van der Waals surface area contributed by atoms with Crippen LogP contribution in [0.2, 0.25) is 0 Å². The van der Waals surface area contributed by atoms with Gasteiger partial charge in [0.25, 0.3) is 0 Å². The molecule has 0 aliphatic carbocycles. The molecule has 2 atom stereocenters. The first kappa shape index (κ1) is 21.6. The molecule has 0 radical (unpaired) electrons. The molecular weight excluding hydrogens is 401 g/mol. The summed E-state index contributed by atoms with van der Waals surface area (Å²) in [5, 5.41) is 3.63. The number of fused-ring (bicyclic) bond motifs is 1. The number of amides is 1. The van der Waals surface area contributed by atoms with Gasteiger partial charge in [-0.2, -0.15) is 0 Å².